The second-order valence-electron chi connectivity index (χ2n) is 5.52. The highest BCUT2D eigenvalue weighted by Gasteiger charge is 2.00. The minimum Gasteiger partial charge on any atom is -0.508 e. The molecule has 0 saturated heterocycles. The lowest BCUT2D eigenvalue weighted by atomic mass is 10.1. The number of phenolic OH excluding ortho intramolecular Hbond substituents is 1. The third kappa shape index (κ3) is 16.5. The first-order valence-electron chi connectivity index (χ1n) is 8.78. The highest BCUT2D eigenvalue weighted by Crippen LogP contribution is 2.17. The van der Waals surface area contributed by atoms with Gasteiger partial charge in [0.2, 0.25) is 0 Å². The number of aromatic hydroxyl groups is 1. The van der Waals surface area contributed by atoms with Crippen LogP contribution in [0, 0.1) is 0 Å². The van der Waals surface area contributed by atoms with Gasteiger partial charge in [-0.15, -0.1) is 0 Å². The Bertz CT molecular complexity index is 559. The molecule has 0 radical (unpaired) electrons. The van der Waals surface area contributed by atoms with Gasteiger partial charge in [-0.1, -0.05) is 57.2 Å². The Hall–Kier alpha value is -2.33. The summed E-state index contributed by atoms with van der Waals surface area (Å²) in [4.78, 5) is 10.4. The van der Waals surface area contributed by atoms with E-state index < -0.39 is 5.97 Å². The van der Waals surface area contributed by atoms with E-state index in [1.807, 2.05) is 32.1 Å². The molecule has 1 rings (SSSR count). The van der Waals surface area contributed by atoms with Crippen molar-refractivity contribution in [2.75, 3.05) is 7.11 Å². The summed E-state index contributed by atoms with van der Waals surface area (Å²) in [5, 5.41) is 8.93. The van der Waals surface area contributed by atoms with E-state index >= 15 is 0 Å². The Kier molecular flexibility index (Phi) is 17.4. The van der Waals surface area contributed by atoms with Crippen LogP contribution in [0.2, 0.25) is 0 Å². The van der Waals surface area contributed by atoms with Crippen LogP contribution in [0.25, 0.3) is 0 Å². The van der Waals surface area contributed by atoms with Gasteiger partial charge >= 0.3 is 5.97 Å². The fraction of sp³-hybridized carbons (Fsp3) is 0.409. The van der Waals surface area contributed by atoms with Gasteiger partial charge in [-0.05, 0) is 38.0 Å². The molecule has 0 aromatic heterocycles. The predicted molar refractivity (Wildman–Crippen MR) is 110 cm³/mol. The van der Waals surface area contributed by atoms with Crippen LogP contribution in [-0.2, 0) is 9.53 Å². The molecule has 146 valence electrons. The molecule has 0 fully saturated rings. The van der Waals surface area contributed by atoms with E-state index in [-0.39, 0.29) is 11.9 Å². The highest BCUT2D eigenvalue weighted by molar-refractivity contribution is 5.69. The normalized spacial score (nSPS) is 11.5. The largest absolute Gasteiger partial charge is 0.508 e. The molecule has 0 saturated carbocycles. The van der Waals surface area contributed by atoms with Crippen molar-refractivity contribution in [3.05, 3.63) is 60.7 Å². The van der Waals surface area contributed by atoms with Crippen LogP contribution in [0.3, 0.4) is 0 Å². The maximum absolute atomic E-state index is 10.4. The Morgan fingerprint density at radius 3 is 2.38 bits per heavy atom. The summed E-state index contributed by atoms with van der Waals surface area (Å²) >= 11 is 0. The smallest absolute Gasteiger partial charge is 0.308 e. The average molecular weight is 363 g/mol. The second-order valence-corrected chi connectivity index (χ2v) is 5.52. The molecular formula is C22H34O4. The number of carbonyl (C=O) groups is 1. The monoisotopic (exact) mass is 362 g/mol. The number of ether oxygens (including phenoxy) is 2. The third-order valence-electron chi connectivity index (χ3n) is 2.77. The molecular weight excluding hydrogens is 328 g/mol. The quantitative estimate of drug-likeness (QED) is 0.393. The number of esters is 1. The number of hydrogen-bond donors (Lipinski definition) is 1. The van der Waals surface area contributed by atoms with Crippen LogP contribution in [0.15, 0.2) is 60.7 Å². The molecule has 1 N–H and O–H groups in total. The van der Waals surface area contributed by atoms with Crippen molar-refractivity contribution in [1.82, 2.24) is 0 Å². The van der Waals surface area contributed by atoms with Gasteiger partial charge in [-0.25, -0.2) is 0 Å². The molecule has 0 bridgehead atoms. The van der Waals surface area contributed by atoms with E-state index in [9.17, 15) is 4.79 Å². The molecule has 0 heterocycles. The van der Waals surface area contributed by atoms with Crippen molar-refractivity contribution in [3.8, 4) is 11.5 Å². The van der Waals surface area contributed by atoms with Crippen LogP contribution in [0.4, 0.5) is 0 Å². The maximum atomic E-state index is 10.4. The average Bonchev–Trinajstić information content (AvgIpc) is 2.59. The minimum absolute atomic E-state index is 0.0868. The number of hydrogen-bond acceptors (Lipinski definition) is 4. The first kappa shape index (κ1) is 25.9. The van der Waals surface area contributed by atoms with Gasteiger partial charge in [-0.2, -0.15) is 0 Å². The summed E-state index contributed by atoms with van der Waals surface area (Å²) in [6, 6.07) is 6.09. The van der Waals surface area contributed by atoms with Gasteiger partial charge in [0.25, 0.3) is 0 Å². The Morgan fingerprint density at radius 2 is 1.96 bits per heavy atom. The topological polar surface area (TPSA) is 55.8 Å². The summed E-state index contributed by atoms with van der Waals surface area (Å²) < 4.78 is 9.85. The number of phenols is 1. The molecule has 4 nitrogen and oxygen atoms in total. The minimum atomic E-state index is -0.393. The Labute approximate surface area is 158 Å². The molecule has 0 aliphatic rings. The number of carbonyl (C=O) groups excluding carboxylic acids is 1. The zero-order chi connectivity index (χ0) is 20.4. The SMILES string of the molecule is C=C/C(=C\C=C/C)CC(C)OC.CC(=O)Oc1cccc(O)c1.CCC. The van der Waals surface area contributed by atoms with Crippen LogP contribution in [0.5, 0.6) is 11.5 Å². The lowest BCUT2D eigenvalue weighted by Crippen LogP contribution is -2.04. The molecule has 1 unspecified atom stereocenters. The van der Waals surface area contributed by atoms with Gasteiger partial charge in [0, 0.05) is 20.1 Å². The summed E-state index contributed by atoms with van der Waals surface area (Å²) in [5.41, 5.74) is 1.21. The lowest BCUT2D eigenvalue weighted by Gasteiger charge is -2.08. The number of rotatable bonds is 6. The second kappa shape index (κ2) is 17.5. The predicted octanol–water partition coefficient (Wildman–Crippen LogP) is 5.83. The molecule has 1 aromatic carbocycles. The van der Waals surface area contributed by atoms with Crippen LogP contribution in [0.1, 0.15) is 47.5 Å². The van der Waals surface area contributed by atoms with Crippen molar-refractivity contribution in [1.29, 1.82) is 0 Å². The van der Waals surface area contributed by atoms with Crippen molar-refractivity contribution in [2.45, 2.75) is 53.6 Å². The number of allylic oxidation sites excluding steroid dienone is 4. The van der Waals surface area contributed by atoms with E-state index in [1.165, 1.54) is 31.1 Å². The number of methoxy groups -OCH3 is 1. The Morgan fingerprint density at radius 1 is 1.35 bits per heavy atom. The molecule has 0 amide bonds. The standard InChI is InChI=1S/C11H18O.C8H8O3.C3H8/c1-5-7-8-11(6-2)9-10(3)12-4;1-6(9)11-8-4-2-3-7(10)5-8;1-3-2/h5-8,10H,2,9H2,1,3-4H3;2-5,10H,1H3;3H2,1-2H3/b7-5-,11-8+;;. The Balaban J connectivity index is 0. The molecule has 0 aliphatic carbocycles. The fourth-order valence-electron chi connectivity index (χ4n) is 1.57. The van der Waals surface area contributed by atoms with Gasteiger partial charge in [0.15, 0.2) is 0 Å². The van der Waals surface area contributed by atoms with Gasteiger partial charge < -0.3 is 14.6 Å². The van der Waals surface area contributed by atoms with Crippen LogP contribution in [-0.4, -0.2) is 24.3 Å². The molecule has 0 aliphatic heterocycles. The first-order chi connectivity index (χ1) is 12.3. The van der Waals surface area contributed by atoms with Gasteiger partial charge in [0.05, 0.1) is 6.10 Å². The lowest BCUT2D eigenvalue weighted by molar-refractivity contribution is -0.131. The van der Waals surface area contributed by atoms with Crippen molar-refractivity contribution in [3.63, 3.8) is 0 Å². The zero-order valence-corrected chi connectivity index (χ0v) is 17.0. The molecule has 0 spiro atoms. The summed E-state index contributed by atoms with van der Waals surface area (Å²) in [5.74, 6) is 0.0526. The van der Waals surface area contributed by atoms with Gasteiger partial charge in [0.1, 0.15) is 11.5 Å². The first-order valence-corrected chi connectivity index (χ1v) is 8.78. The molecule has 1 atom stereocenters. The van der Waals surface area contributed by atoms with E-state index in [0.717, 1.165) is 6.42 Å². The fourth-order valence-corrected chi connectivity index (χ4v) is 1.57. The summed E-state index contributed by atoms with van der Waals surface area (Å²) in [7, 11) is 1.72. The van der Waals surface area contributed by atoms with Crippen LogP contribution < -0.4 is 4.74 Å². The molecule has 4 heteroatoms. The van der Waals surface area contributed by atoms with Crippen molar-refractivity contribution in [2.24, 2.45) is 0 Å². The third-order valence-corrected chi connectivity index (χ3v) is 2.77. The zero-order valence-electron chi connectivity index (χ0n) is 17.0. The summed E-state index contributed by atoms with van der Waals surface area (Å²) in [6.07, 6.45) is 10.4. The van der Waals surface area contributed by atoms with Crippen LogP contribution >= 0.6 is 0 Å². The highest BCUT2D eigenvalue weighted by atomic mass is 16.5. The van der Waals surface area contributed by atoms with E-state index in [2.05, 4.69) is 26.5 Å². The summed E-state index contributed by atoms with van der Waals surface area (Å²) in [6.45, 7) is 13.3. The number of benzene rings is 1. The molecule has 26 heavy (non-hydrogen) atoms. The van der Waals surface area contributed by atoms with Gasteiger partial charge in [-0.3, -0.25) is 4.79 Å². The van der Waals surface area contributed by atoms with E-state index in [0.29, 0.717) is 5.75 Å². The van der Waals surface area contributed by atoms with Crippen molar-refractivity contribution < 1.29 is 19.4 Å². The van der Waals surface area contributed by atoms with E-state index in [4.69, 9.17) is 14.6 Å². The van der Waals surface area contributed by atoms with Crippen molar-refractivity contribution >= 4 is 5.97 Å². The molecule has 1 aromatic rings. The maximum Gasteiger partial charge on any atom is 0.308 e. The van der Waals surface area contributed by atoms with E-state index in [1.54, 1.807) is 19.2 Å².